The van der Waals surface area contributed by atoms with Crippen molar-refractivity contribution in [1.29, 1.82) is 5.26 Å². The van der Waals surface area contributed by atoms with Crippen LogP contribution in [0, 0.1) is 21.4 Å². The molecule has 0 aliphatic rings. The van der Waals surface area contributed by atoms with Gasteiger partial charge in [0, 0.05) is 42.5 Å². The number of nitro groups is 1. The van der Waals surface area contributed by atoms with E-state index in [4.69, 9.17) is 10.4 Å². The number of carboxylic acids is 1. The SMILES string of the molecule is CC(CC#N)N(C)c1ccc([N+](=O)[O-])cc1C=CC(=O)O. The van der Waals surface area contributed by atoms with Gasteiger partial charge in [-0.15, -0.1) is 0 Å². The molecule has 1 N–H and O–H groups in total. The minimum atomic E-state index is -1.14. The second-order valence-corrected chi connectivity index (χ2v) is 4.49. The number of carboxylic acid groups (broad SMARTS) is 1. The van der Waals surface area contributed by atoms with Crippen LogP contribution in [0.5, 0.6) is 0 Å². The van der Waals surface area contributed by atoms with E-state index in [0.717, 1.165) is 6.08 Å². The first-order valence-corrected chi connectivity index (χ1v) is 6.16. The van der Waals surface area contributed by atoms with Gasteiger partial charge in [-0.2, -0.15) is 5.26 Å². The van der Waals surface area contributed by atoms with Gasteiger partial charge in [-0.25, -0.2) is 4.79 Å². The Hall–Kier alpha value is -2.88. The van der Waals surface area contributed by atoms with E-state index in [1.54, 1.807) is 18.0 Å². The summed E-state index contributed by atoms with van der Waals surface area (Å²) in [5, 5.41) is 28.3. The fourth-order valence-electron chi connectivity index (χ4n) is 1.78. The molecule has 110 valence electrons. The van der Waals surface area contributed by atoms with Crippen molar-refractivity contribution in [2.24, 2.45) is 0 Å². The van der Waals surface area contributed by atoms with Crippen LogP contribution in [-0.4, -0.2) is 29.1 Å². The predicted molar refractivity (Wildman–Crippen MR) is 77.9 cm³/mol. The molecule has 21 heavy (non-hydrogen) atoms. The Kier molecular flexibility index (Phi) is 5.43. The summed E-state index contributed by atoms with van der Waals surface area (Å²) in [6.45, 7) is 1.84. The average molecular weight is 289 g/mol. The maximum atomic E-state index is 10.8. The van der Waals surface area contributed by atoms with Gasteiger partial charge in [-0.1, -0.05) is 0 Å². The minimum absolute atomic E-state index is 0.103. The van der Waals surface area contributed by atoms with Crippen LogP contribution in [0.1, 0.15) is 18.9 Å². The topological polar surface area (TPSA) is 107 Å². The molecule has 0 saturated carbocycles. The number of nitrogens with zero attached hydrogens (tertiary/aromatic N) is 3. The summed E-state index contributed by atoms with van der Waals surface area (Å²) in [4.78, 5) is 22.7. The van der Waals surface area contributed by atoms with Crippen LogP contribution in [0.15, 0.2) is 24.3 Å². The van der Waals surface area contributed by atoms with Crippen molar-refractivity contribution in [1.82, 2.24) is 0 Å². The van der Waals surface area contributed by atoms with Crippen LogP contribution in [0.4, 0.5) is 11.4 Å². The monoisotopic (exact) mass is 289 g/mol. The molecule has 0 amide bonds. The molecule has 7 nitrogen and oxygen atoms in total. The Balaban J connectivity index is 3.27. The summed E-state index contributed by atoms with van der Waals surface area (Å²) in [5.74, 6) is -1.14. The van der Waals surface area contributed by atoms with Crippen molar-refractivity contribution < 1.29 is 14.8 Å². The van der Waals surface area contributed by atoms with Crippen molar-refractivity contribution in [3.8, 4) is 6.07 Å². The molecule has 0 saturated heterocycles. The standard InChI is InChI=1S/C14H15N3O4/c1-10(7-8-15)16(2)13-5-4-12(17(20)21)9-11(13)3-6-14(18)19/h3-6,9-10H,7H2,1-2H3,(H,18,19). The number of hydrogen-bond donors (Lipinski definition) is 1. The highest BCUT2D eigenvalue weighted by Gasteiger charge is 2.16. The fraction of sp³-hybridized carbons (Fsp3) is 0.286. The highest BCUT2D eigenvalue weighted by Crippen LogP contribution is 2.27. The average Bonchev–Trinajstić information content (AvgIpc) is 2.44. The number of aliphatic carboxylic acids is 1. The molecule has 0 radical (unpaired) electrons. The molecule has 0 bridgehead atoms. The molecule has 0 aromatic heterocycles. The lowest BCUT2D eigenvalue weighted by Crippen LogP contribution is -2.28. The van der Waals surface area contributed by atoms with E-state index in [1.807, 2.05) is 6.92 Å². The summed E-state index contributed by atoms with van der Waals surface area (Å²) in [6, 6.07) is 6.16. The van der Waals surface area contributed by atoms with Crippen LogP contribution < -0.4 is 4.90 Å². The zero-order valence-electron chi connectivity index (χ0n) is 11.7. The number of nitriles is 1. The zero-order valence-corrected chi connectivity index (χ0v) is 11.7. The number of anilines is 1. The third kappa shape index (κ3) is 4.31. The van der Waals surface area contributed by atoms with Gasteiger partial charge < -0.3 is 10.0 Å². The molecule has 1 aromatic carbocycles. The van der Waals surface area contributed by atoms with Gasteiger partial charge >= 0.3 is 5.97 Å². The second-order valence-electron chi connectivity index (χ2n) is 4.49. The second kappa shape index (κ2) is 7.05. The molecule has 1 aromatic rings. The summed E-state index contributed by atoms with van der Waals surface area (Å²) in [6.07, 6.45) is 2.52. The Morgan fingerprint density at radius 2 is 2.29 bits per heavy atom. The quantitative estimate of drug-likeness (QED) is 0.489. The smallest absolute Gasteiger partial charge is 0.328 e. The van der Waals surface area contributed by atoms with Crippen molar-refractivity contribution in [3.63, 3.8) is 0 Å². The lowest BCUT2D eigenvalue weighted by Gasteiger charge is -2.26. The highest BCUT2D eigenvalue weighted by atomic mass is 16.6. The lowest BCUT2D eigenvalue weighted by atomic mass is 10.1. The number of carbonyl (C=O) groups is 1. The first-order chi connectivity index (χ1) is 9.86. The molecule has 0 aliphatic heterocycles. The van der Waals surface area contributed by atoms with Gasteiger partial charge in [0.15, 0.2) is 0 Å². The van der Waals surface area contributed by atoms with Crippen LogP contribution in [0.3, 0.4) is 0 Å². The van der Waals surface area contributed by atoms with E-state index in [0.29, 0.717) is 11.3 Å². The molecular formula is C14H15N3O4. The maximum absolute atomic E-state index is 10.8. The summed E-state index contributed by atoms with van der Waals surface area (Å²) in [5.41, 5.74) is 0.921. The summed E-state index contributed by atoms with van der Waals surface area (Å²) in [7, 11) is 1.75. The van der Waals surface area contributed by atoms with E-state index in [9.17, 15) is 14.9 Å². The van der Waals surface area contributed by atoms with Crippen LogP contribution in [0.25, 0.3) is 6.08 Å². The summed E-state index contributed by atoms with van der Waals surface area (Å²) >= 11 is 0. The van der Waals surface area contributed by atoms with Crippen molar-refractivity contribution in [3.05, 3.63) is 40.0 Å². The maximum Gasteiger partial charge on any atom is 0.328 e. The van der Waals surface area contributed by atoms with Gasteiger partial charge in [0.05, 0.1) is 17.4 Å². The van der Waals surface area contributed by atoms with E-state index in [2.05, 4.69) is 6.07 Å². The highest BCUT2D eigenvalue weighted by molar-refractivity contribution is 5.87. The molecule has 7 heteroatoms. The van der Waals surface area contributed by atoms with E-state index < -0.39 is 10.9 Å². The Morgan fingerprint density at radius 3 is 2.81 bits per heavy atom. The lowest BCUT2D eigenvalue weighted by molar-refractivity contribution is -0.384. The fourth-order valence-corrected chi connectivity index (χ4v) is 1.78. The number of rotatable bonds is 6. The van der Waals surface area contributed by atoms with Gasteiger partial charge in [0.2, 0.25) is 0 Å². The van der Waals surface area contributed by atoms with E-state index in [-0.39, 0.29) is 18.2 Å². The molecule has 0 heterocycles. The molecular weight excluding hydrogens is 274 g/mol. The molecule has 1 atom stereocenters. The Morgan fingerprint density at radius 1 is 1.62 bits per heavy atom. The molecule has 0 fully saturated rings. The molecule has 1 rings (SSSR count). The number of non-ortho nitro benzene ring substituents is 1. The van der Waals surface area contributed by atoms with Crippen LogP contribution in [0.2, 0.25) is 0 Å². The van der Waals surface area contributed by atoms with Gasteiger partial charge in [-0.3, -0.25) is 10.1 Å². The van der Waals surface area contributed by atoms with Gasteiger partial charge in [-0.05, 0) is 19.1 Å². The van der Waals surface area contributed by atoms with Gasteiger partial charge in [0.25, 0.3) is 5.69 Å². The zero-order chi connectivity index (χ0) is 16.0. The van der Waals surface area contributed by atoms with E-state index >= 15 is 0 Å². The molecule has 1 unspecified atom stereocenters. The van der Waals surface area contributed by atoms with Gasteiger partial charge in [0.1, 0.15) is 0 Å². The third-order valence-corrected chi connectivity index (χ3v) is 3.06. The molecule has 0 aliphatic carbocycles. The van der Waals surface area contributed by atoms with Crippen LogP contribution in [-0.2, 0) is 4.79 Å². The van der Waals surface area contributed by atoms with E-state index in [1.165, 1.54) is 18.2 Å². The van der Waals surface area contributed by atoms with Crippen LogP contribution >= 0.6 is 0 Å². The number of nitro benzene ring substituents is 1. The van der Waals surface area contributed by atoms with Crippen molar-refractivity contribution in [2.75, 3.05) is 11.9 Å². The first-order valence-electron chi connectivity index (χ1n) is 6.16. The normalized spacial score (nSPS) is 11.9. The number of benzene rings is 1. The largest absolute Gasteiger partial charge is 0.478 e. The Labute approximate surface area is 121 Å². The first kappa shape index (κ1) is 16.2. The third-order valence-electron chi connectivity index (χ3n) is 3.06. The molecule has 0 spiro atoms. The predicted octanol–water partition coefficient (Wildman–Crippen LogP) is 2.43. The van der Waals surface area contributed by atoms with Crippen molar-refractivity contribution >= 4 is 23.4 Å². The Bertz CT molecular complexity index is 619. The summed E-state index contributed by atoms with van der Waals surface area (Å²) < 4.78 is 0. The van der Waals surface area contributed by atoms with Crippen molar-refractivity contribution in [2.45, 2.75) is 19.4 Å². The number of hydrogen-bond acceptors (Lipinski definition) is 5. The minimum Gasteiger partial charge on any atom is -0.478 e.